The van der Waals surface area contributed by atoms with Gasteiger partial charge in [0.15, 0.2) is 0 Å². The van der Waals surface area contributed by atoms with E-state index in [1.165, 1.54) is 13.2 Å². The fourth-order valence-electron chi connectivity index (χ4n) is 1.13. The van der Waals surface area contributed by atoms with Gasteiger partial charge >= 0.3 is 0 Å². The lowest BCUT2D eigenvalue weighted by atomic mass is 10.1. The van der Waals surface area contributed by atoms with Crippen LogP contribution in [0.4, 0.5) is 4.39 Å². The van der Waals surface area contributed by atoms with E-state index >= 15 is 0 Å². The SMILES string of the molecule is COc1cc(C)cc(F)c1C(=N)N. The van der Waals surface area contributed by atoms with Gasteiger partial charge in [0, 0.05) is 0 Å². The average molecular weight is 182 g/mol. The van der Waals surface area contributed by atoms with Gasteiger partial charge in [0.05, 0.1) is 12.7 Å². The molecule has 0 aliphatic heterocycles. The molecule has 1 rings (SSSR count). The summed E-state index contributed by atoms with van der Waals surface area (Å²) in [6.07, 6.45) is 0. The van der Waals surface area contributed by atoms with Crippen LogP contribution in [0.15, 0.2) is 12.1 Å². The van der Waals surface area contributed by atoms with Crippen molar-refractivity contribution in [3.63, 3.8) is 0 Å². The van der Waals surface area contributed by atoms with Gasteiger partial charge in [-0.05, 0) is 24.6 Å². The van der Waals surface area contributed by atoms with Crippen molar-refractivity contribution >= 4 is 5.84 Å². The molecule has 0 aliphatic carbocycles. The lowest BCUT2D eigenvalue weighted by Gasteiger charge is -2.08. The summed E-state index contributed by atoms with van der Waals surface area (Å²) in [5, 5.41) is 7.15. The van der Waals surface area contributed by atoms with Crippen LogP contribution in [0.25, 0.3) is 0 Å². The van der Waals surface area contributed by atoms with Gasteiger partial charge in [0.25, 0.3) is 0 Å². The van der Waals surface area contributed by atoms with Gasteiger partial charge in [0.2, 0.25) is 0 Å². The first-order chi connectivity index (χ1) is 6.06. The molecule has 0 radical (unpaired) electrons. The minimum Gasteiger partial charge on any atom is -0.496 e. The molecule has 0 aliphatic rings. The van der Waals surface area contributed by atoms with Gasteiger partial charge in [0.1, 0.15) is 17.4 Å². The van der Waals surface area contributed by atoms with Crippen LogP contribution in [-0.2, 0) is 0 Å². The third-order valence-electron chi connectivity index (χ3n) is 1.69. The van der Waals surface area contributed by atoms with Crippen molar-refractivity contribution in [2.24, 2.45) is 5.73 Å². The van der Waals surface area contributed by atoms with Crippen LogP contribution in [0.3, 0.4) is 0 Å². The van der Waals surface area contributed by atoms with Crippen molar-refractivity contribution in [1.29, 1.82) is 5.41 Å². The Kier molecular flexibility index (Phi) is 2.51. The second kappa shape index (κ2) is 3.43. The molecule has 0 bridgehead atoms. The Morgan fingerprint density at radius 2 is 2.15 bits per heavy atom. The highest BCUT2D eigenvalue weighted by Crippen LogP contribution is 2.22. The van der Waals surface area contributed by atoms with E-state index in [9.17, 15) is 4.39 Å². The number of halogens is 1. The van der Waals surface area contributed by atoms with Gasteiger partial charge in [-0.1, -0.05) is 0 Å². The summed E-state index contributed by atoms with van der Waals surface area (Å²) >= 11 is 0. The number of benzene rings is 1. The van der Waals surface area contributed by atoms with Crippen molar-refractivity contribution in [3.05, 3.63) is 29.1 Å². The zero-order chi connectivity index (χ0) is 10.0. The molecule has 1 aromatic carbocycles. The van der Waals surface area contributed by atoms with E-state index in [2.05, 4.69) is 0 Å². The van der Waals surface area contributed by atoms with Crippen LogP contribution >= 0.6 is 0 Å². The van der Waals surface area contributed by atoms with Crippen LogP contribution in [0.5, 0.6) is 5.75 Å². The van der Waals surface area contributed by atoms with Gasteiger partial charge in [-0.3, -0.25) is 5.41 Å². The summed E-state index contributed by atoms with van der Waals surface area (Å²) < 4.78 is 18.2. The van der Waals surface area contributed by atoms with Crippen LogP contribution in [0.1, 0.15) is 11.1 Å². The fourth-order valence-corrected chi connectivity index (χ4v) is 1.13. The average Bonchev–Trinajstić information content (AvgIpc) is 2.01. The number of aryl methyl sites for hydroxylation is 1. The Labute approximate surface area is 75.8 Å². The van der Waals surface area contributed by atoms with Crippen molar-refractivity contribution in [1.82, 2.24) is 0 Å². The Hall–Kier alpha value is -1.58. The Morgan fingerprint density at radius 1 is 1.54 bits per heavy atom. The summed E-state index contributed by atoms with van der Waals surface area (Å²) in [6, 6.07) is 2.96. The first-order valence-corrected chi connectivity index (χ1v) is 3.74. The fraction of sp³-hybridized carbons (Fsp3) is 0.222. The molecule has 0 unspecified atom stereocenters. The van der Waals surface area contributed by atoms with Crippen LogP contribution in [-0.4, -0.2) is 12.9 Å². The van der Waals surface area contributed by atoms with Crippen molar-refractivity contribution in [3.8, 4) is 5.75 Å². The molecule has 0 heterocycles. The lowest BCUT2D eigenvalue weighted by Crippen LogP contribution is -2.15. The molecule has 3 nitrogen and oxygen atoms in total. The normalized spacial score (nSPS) is 9.77. The molecule has 0 amide bonds. The Balaban J connectivity index is 3.38. The van der Waals surface area contributed by atoms with E-state index in [0.717, 1.165) is 5.56 Å². The number of hydrogen-bond acceptors (Lipinski definition) is 2. The Morgan fingerprint density at radius 3 is 2.62 bits per heavy atom. The zero-order valence-corrected chi connectivity index (χ0v) is 7.52. The number of nitrogens with two attached hydrogens (primary N) is 1. The number of nitrogen functional groups attached to an aromatic ring is 1. The zero-order valence-electron chi connectivity index (χ0n) is 7.52. The molecule has 0 spiro atoms. The summed E-state index contributed by atoms with van der Waals surface area (Å²) in [7, 11) is 1.42. The Bertz CT molecular complexity index is 350. The monoisotopic (exact) mass is 182 g/mol. The highest BCUT2D eigenvalue weighted by atomic mass is 19.1. The summed E-state index contributed by atoms with van der Waals surface area (Å²) in [6.45, 7) is 1.75. The van der Waals surface area contributed by atoms with Crippen molar-refractivity contribution < 1.29 is 9.13 Å². The lowest BCUT2D eigenvalue weighted by molar-refractivity contribution is 0.409. The maximum absolute atomic E-state index is 13.2. The second-order valence-electron chi connectivity index (χ2n) is 2.74. The molecule has 70 valence electrons. The van der Waals surface area contributed by atoms with Gasteiger partial charge in [-0.2, -0.15) is 0 Å². The second-order valence-corrected chi connectivity index (χ2v) is 2.74. The smallest absolute Gasteiger partial charge is 0.138 e. The number of methoxy groups -OCH3 is 1. The van der Waals surface area contributed by atoms with Gasteiger partial charge in [-0.25, -0.2) is 4.39 Å². The van der Waals surface area contributed by atoms with Gasteiger partial charge in [-0.15, -0.1) is 0 Å². The van der Waals surface area contributed by atoms with E-state index in [-0.39, 0.29) is 11.4 Å². The maximum atomic E-state index is 13.2. The minimum absolute atomic E-state index is 0.0214. The van der Waals surface area contributed by atoms with Crippen LogP contribution in [0.2, 0.25) is 0 Å². The van der Waals surface area contributed by atoms with E-state index < -0.39 is 5.82 Å². The minimum atomic E-state index is -0.524. The number of rotatable bonds is 2. The van der Waals surface area contributed by atoms with Crippen molar-refractivity contribution in [2.75, 3.05) is 7.11 Å². The third kappa shape index (κ3) is 1.77. The number of hydrogen-bond donors (Lipinski definition) is 2. The summed E-state index contributed by atoms with van der Waals surface area (Å²) in [4.78, 5) is 0. The van der Waals surface area contributed by atoms with E-state index in [1.54, 1.807) is 13.0 Å². The predicted molar refractivity (Wildman–Crippen MR) is 48.7 cm³/mol. The molecular weight excluding hydrogens is 171 g/mol. The van der Waals surface area contributed by atoms with E-state index in [0.29, 0.717) is 5.75 Å². The van der Waals surface area contributed by atoms with E-state index in [4.69, 9.17) is 15.9 Å². The molecule has 4 heteroatoms. The number of ether oxygens (including phenoxy) is 1. The van der Waals surface area contributed by atoms with Crippen LogP contribution in [0, 0.1) is 18.2 Å². The molecule has 0 aromatic heterocycles. The first kappa shape index (κ1) is 9.51. The first-order valence-electron chi connectivity index (χ1n) is 3.74. The molecule has 3 N–H and O–H groups in total. The predicted octanol–water partition coefficient (Wildman–Crippen LogP) is 1.43. The largest absolute Gasteiger partial charge is 0.496 e. The molecule has 1 aromatic rings. The number of nitrogens with one attached hydrogen (secondary N) is 1. The topological polar surface area (TPSA) is 59.1 Å². The highest BCUT2D eigenvalue weighted by molar-refractivity contribution is 5.98. The molecule has 0 saturated carbocycles. The van der Waals surface area contributed by atoms with Crippen molar-refractivity contribution in [2.45, 2.75) is 6.92 Å². The summed E-state index contributed by atoms with van der Waals surface area (Å²) in [5.41, 5.74) is 5.96. The maximum Gasteiger partial charge on any atom is 0.138 e. The van der Waals surface area contributed by atoms with Gasteiger partial charge < -0.3 is 10.5 Å². The highest BCUT2D eigenvalue weighted by Gasteiger charge is 2.12. The molecule has 13 heavy (non-hydrogen) atoms. The molecule has 0 fully saturated rings. The van der Waals surface area contributed by atoms with Crippen LogP contribution < -0.4 is 10.5 Å². The number of amidine groups is 1. The molecule has 0 saturated heterocycles. The standard InChI is InChI=1S/C9H11FN2O/c1-5-3-6(10)8(9(11)12)7(4-5)13-2/h3-4H,1-2H3,(H3,11,12). The summed E-state index contributed by atoms with van der Waals surface area (Å²) in [5.74, 6) is -0.552. The molecule has 0 atom stereocenters. The third-order valence-corrected chi connectivity index (χ3v) is 1.69. The quantitative estimate of drug-likeness (QED) is 0.537. The van der Waals surface area contributed by atoms with E-state index in [1.807, 2.05) is 0 Å². The molecular formula is C9H11FN2O.